The number of nitrogens with one attached hydrogen (secondary N) is 2. The molecule has 35 heavy (non-hydrogen) atoms. The van der Waals surface area contributed by atoms with Gasteiger partial charge in [-0.2, -0.15) is 5.10 Å². The number of ether oxygens (including phenoxy) is 2. The van der Waals surface area contributed by atoms with E-state index in [2.05, 4.69) is 31.8 Å². The quantitative estimate of drug-likeness (QED) is 0.127. The molecule has 0 spiro atoms. The van der Waals surface area contributed by atoms with Crippen LogP contribution in [0.1, 0.15) is 22.8 Å². The molecule has 0 radical (unpaired) electrons. The van der Waals surface area contributed by atoms with E-state index in [4.69, 9.17) is 32.7 Å². The highest BCUT2D eigenvalue weighted by Crippen LogP contribution is 2.25. The van der Waals surface area contributed by atoms with E-state index in [9.17, 15) is 14.4 Å². The normalized spacial score (nSPS) is 10.6. The largest absolute Gasteiger partial charge is 0.494 e. The molecule has 0 aliphatic carbocycles. The van der Waals surface area contributed by atoms with Crippen LogP contribution in [0.25, 0.3) is 0 Å². The molecule has 2 amide bonds. The second-order valence-electron chi connectivity index (χ2n) is 6.81. The van der Waals surface area contributed by atoms with Crippen LogP contribution in [0.4, 0.5) is 5.69 Å². The molecule has 0 aromatic heterocycles. The van der Waals surface area contributed by atoms with Crippen LogP contribution in [0.3, 0.4) is 0 Å². The third-order valence-corrected chi connectivity index (χ3v) is 5.56. The topological polar surface area (TPSA) is 106 Å². The molecule has 3 aromatic carbocycles. The Morgan fingerprint density at radius 3 is 2.40 bits per heavy atom. The molecule has 0 aliphatic rings. The van der Waals surface area contributed by atoms with E-state index in [0.717, 1.165) is 0 Å². The molecule has 0 unspecified atom stereocenters. The van der Waals surface area contributed by atoms with Crippen molar-refractivity contribution in [3.8, 4) is 11.5 Å². The van der Waals surface area contributed by atoms with Gasteiger partial charge in [0, 0.05) is 15.7 Å². The fourth-order valence-electron chi connectivity index (χ4n) is 2.70. The number of nitrogens with zero attached hydrogens (tertiary/aromatic N) is 1. The first-order valence-corrected chi connectivity index (χ1v) is 11.7. The standard InChI is InChI=1S/C24H18BrCl2N3O5/c1-2-34-18-7-3-14(4-8-18)24(33)35-21-10-5-16(25)11-15(21)13-28-30-23(32)22(31)29-17-6-9-19(26)20(27)12-17/h3-13H,2H2,1H3,(H,29,31)(H,30,32)/b28-13+. The summed E-state index contributed by atoms with van der Waals surface area (Å²) in [6, 6.07) is 15.8. The number of hydrazone groups is 1. The van der Waals surface area contributed by atoms with Crippen molar-refractivity contribution in [2.24, 2.45) is 5.10 Å². The number of rotatable bonds is 7. The second kappa shape index (κ2) is 12.3. The Balaban J connectivity index is 1.65. The Kier molecular flexibility index (Phi) is 9.25. The number of amides is 2. The Hall–Kier alpha value is -3.40. The maximum atomic E-state index is 12.6. The summed E-state index contributed by atoms with van der Waals surface area (Å²) in [7, 11) is 0. The van der Waals surface area contributed by atoms with Gasteiger partial charge in [0.05, 0.1) is 28.4 Å². The van der Waals surface area contributed by atoms with Gasteiger partial charge in [0.25, 0.3) is 0 Å². The summed E-state index contributed by atoms with van der Waals surface area (Å²) < 4.78 is 11.5. The molecule has 0 aliphatic heterocycles. The maximum Gasteiger partial charge on any atom is 0.343 e. The molecule has 11 heteroatoms. The van der Waals surface area contributed by atoms with Gasteiger partial charge in [-0.05, 0) is 67.6 Å². The minimum Gasteiger partial charge on any atom is -0.494 e. The average Bonchev–Trinajstić information content (AvgIpc) is 2.83. The summed E-state index contributed by atoms with van der Waals surface area (Å²) in [4.78, 5) is 36.7. The van der Waals surface area contributed by atoms with Crippen molar-refractivity contribution in [3.05, 3.63) is 86.3 Å². The van der Waals surface area contributed by atoms with Crippen LogP contribution in [0.15, 0.2) is 70.2 Å². The van der Waals surface area contributed by atoms with Crippen LogP contribution >= 0.6 is 39.1 Å². The number of benzene rings is 3. The van der Waals surface area contributed by atoms with Crippen molar-refractivity contribution in [3.63, 3.8) is 0 Å². The van der Waals surface area contributed by atoms with Crippen molar-refractivity contribution in [2.45, 2.75) is 6.92 Å². The molecule has 0 saturated carbocycles. The van der Waals surface area contributed by atoms with Gasteiger partial charge in [0.1, 0.15) is 11.5 Å². The monoisotopic (exact) mass is 577 g/mol. The minimum atomic E-state index is -1.02. The average molecular weight is 579 g/mol. The molecule has 180 valence electrons. The van der Waals surface area contributed by atoms with E-state index in [0.29, 0.717) is 38.7 Å². The SMILES string of the molecule is CCOc1ccc(C(=O)Oc2ccc(Br)cc2/C=N/NC(=O)C(=O)Nc2ccc(Cl)c(Cl)c2)cc1. The Labute approximate surface area is 219 Å². The summed E-state index contributed by atoms with van der Waals surface area (Å²) in [5.41, 5.74) is 3.11. The number of carbonyl (C=O) groups is 3. The molecule has 0 fully saturated rings. The van der Waals surface area contributed by atoms with E-state index in [1.807, 2.05) is 6.92 Å². The van der Waals surface area contributed by atoms with E-state index in [-0.39, 0.29) is 10.8 Å². The lowest BCUT2D eigenvalue weighted by Crippen LogP contribution is -2.32. The first-order chi connectivity index (χ1) is 16.8. The van der Waals surface area contributed by atoms with E-state index in [1.54, 1.807) is 42.5 Å². The molecule has 8 nitrogen and oxygen atoms in total. The highest BCUT2D eigenvalue weighted by Gasteiger charge is 2.15. The molecule has 3 rings (SSSR count). The predicted octanol–water partition coefficient (Wildman–Crippen LogP) is 5.46. The highest BCUT2D eigenvalue weighted by molar-refractivity contribution is 9.10. The van der Waals surface area contributed by atoms with Crippen LogP contribution in [-0.4, -0.2) is 30.6 Å². The Morgan fingerprint density at radius 1 is 0.971 bits per heavy atom. The minimum absolute atomic E-state index is 0.199. The van der Waals surface area contributed by atoms with Crippen molar-refractivity contribution in [1.29, 1.82) is 0 Å². The third-order valence-electron chi connectivity index (χ3n) is 4.33. The lowest BCUT2D eigenvalue weighted by Gasteiger charge is -2.09. The Bertz CT molecular complexity index is 1280. The smallest absolute Gasteiger partial charge is 0.343 e. The summed E-state index contributed by atoms with van der Waals surface area (Å²) in [5, 5.41) is 6.71. The first kappa shape index (κ1) is 26.2. The summed E-state index contributed by atoms with van der Waals surface area (Å²) >= 11 is 15.1. The molecular formula is C24H18BrCl2N3O5. The molecule has 0 bridgehead atoms. The number of hydrogen-bond donors (Lipinski definition) is 2. The molecular weight excluding hydrogens is 561 g/mol. The van der Waals surface area contributed by atoms with Crippen molar-refractivity contribution < 1.29 is 23.9 Å². The van der Waals surface area contributed by atoms with E-state index >= 15 is 0 Å². The third kappa shape index (κ3) is 7.54. The Morgan fingerprint density at radius 2 is 1.71 bits per heavy atom. The van der Waals surface area contributed by atoms with Crippen LogP contribution < -0.4 is 20.2 Å². The fourth-order valence-corrected chi connectivity index (χ4v) is 3.38. The zero-order valence-corrected chi connectivity index (χ0v) is 21.3. The molecule has 0 saturated heterocycles. The van der Waals surface area contributed by atoms with Gasteiger partial charge in [-0.15, -0.1) is 0 Å². The summed E-state index contributed by atoms with van der Waals surface area (Å²) in [6.07, 6.45) is 1.25. The van der Waals surface area contributed by atoms with Crippen LogP contribution in [-0.2, 0) is 9.59 Å². The lowest BCUT2D eigenvalue weighted by molar-refractivity contribution is -0.136. The van der Waals surface area contributed by atoms with Gasteiger partial charge in [-0.1, -0.05) is 39.1 Å². The van der Waals surface area contributed by atoms with Gasteiger partial charge in [-0.3, -0.25) is 9.59 Å². The van der Waals surface area contributed by atoms with Crippen molar-refractivity contribution >= 4 is 68.8 Å². The number of carbonyl (C=O) groups excluding carboxylic acids is 3. The highest BCUT2D eigenvalue weighted by atomic mass is 79.9. The molecule has 0 atom stereocenters. The van der Waals surface area contributed by atoms with Gasteiger partial charge >= 0.3 is 17.8 Å². The number of anilines is 1. The summed E-state index contributed by atoms with van der Waals surface area (Å²) in [5.74, 6) is -1.73. The van der Waals surface area contributed by atoms with E-state index in [1.165, 1.54) is 24.4 Å². The second-order valence-corrected chi connectivity index (χ2v) is 8.54. The fraction of sp³-hybridized carbons (Fsp3) is 0.0833. The zero-order chi connectivity index (χ0) is 25.4. The van der Waals surface area contributed by atoms with Crippen LogP contribution in [0.5, 0.6) is 11.5 Å². The number of hydrogen-bond acceptors (Lipinski definition) is 6. The zero-order valence-electron chi connectivity index (χ0n) is 18.2. The first-order valence-electron chi connectivity index (χ1n) is 10.1. The van der Waals surface area contributed by atoms with Crippen LogP contribution in [0.2, 0.25) is 10.0 Å². The lowest BCUT2D eigenvalue weighted by atomic mass is 10.2. The maximum absolute atomic E-state index is 12.6. The number of esters is 1. The molecule has 3 aromatic rings. The van der Waals surface area contributed by atoms with Gasteiger partial charge < -0.3 is 14.8 Å². The number of halogens is 3. The van der Waals surface area contributed by atoms with Crippen LogP contribution in [0, 0.1) is 0 Å². The molecule has 2 N–H and O–H groups in total. The van der Waals surface area contributed by atoms with Gasteiger partial charge in [0.2, 0.25) is 0 Å². The van der Waals surface area contributed by atoms with Gasteiger partial charge in [-0.25, -0.2) is 10.2 Å². The summed E-state index contributed by atoms with van der Waals surface area (Å²) in [6.45, 7) is 2.38. The molecule has 0 heterocycles. The predicted molar refractivity (Wildman–Crippen MR) is 138 cm³/mol. The van der Waals surface area contributed by atoms with Gasteiger partial charge in [0.15, 0.2) is 0 Å². The van der Waals surface area contributed by atoms with E-state index < -0.39 is 17.8 Å². The van der Waals surface area contributed by atoms with Crippen molar-refractivity contribution in [2.75, 3.05) is 11.9 Å². The van der Waals surface area contributed by atoms with Crippen molar-refractivity contribution in [1.82, 2.24) is 5.43 Å².